The molecule has 0 unspecified atom stereocenters. The van der Waals surface area contributed by atoms with Crippen molar-refractivity contribution in [1.82, 2.24) is 4.57 Å². The molecule has 0 aliphatic carbocycles. The Labute approximate surface area is 267 Å². The van der Waals surface area contributed by atoms with E-state index in [-0.39, 0.29) is 34.7 Å². The van der Waals surface area contributed by atoms with Crippen molar-refractivity contribution in [3.05, 3.63) is 91.5 Å². The van der Waals surface area contributed by atoms with E-state index in [0.29, 0.717) is 24.4 Å². The van der Waals surface area contributed by atoms with Crippen molar-refractivity contribution in [2.24, 2.45) is 4.99 Å². The first-order chi connectivity index (χ1) is 19.8. The lowest BCUT2D eigenvalue weighted by molar-refractivity contribution is -0.145. The number of benzene rings is 2. The van der Waals surface area contributed by atoms with Gasteiger partial charge in [0.2, 0.25) is 0 Å². The summed E-state index contributed by atoms with van der Waals surface area (Å²) in [6, 6.07) is 7.62. The van der Waals surface area contributed by atoms with Crippen molar-refractivity contribution in [2.75, 3.05) is 19.8 Å². The number of thiazole rings is 1. The van der Waals surface area contributed by atoms with Gasteiger partial charge >= 0.3 is 18.1 Å². The lowest BCUT2D eigenvalue weighted by atomic mass is 9.95. The van der Waals surface area contributed by atoms with Gasteiger partial charge in [-0.3, -0.25) is 9.36 Å². The van der Waals surface area contributed by atoms with Gasteiger partial charge in [-0.25, -0.2) is 14.6 Å². The van der Waals surface area contributed by atoms with Crippen LogP contribution in [0.3, 0.4) is 0 Å². The minimum absolute atomic E-state index is 0.0715. The number of aromatic nitrogens is 1. The van der Waals surface area contributed by atoms with Crippen molar-refractivity contribution in [3.8, 4) is 5.75 Å². The first-order valence-corrected chi connectivity index (χ1v) is 15.3. The second kappa shape index (κ2) is 13.3. The van der Waals surface area contributed by atoms with Crippen LogP contribution < -0.4 is 19.6 Å². The molecule has 0 N–H and O–H groups in total. The topological polar surface area (TPSA) is 96.2 Å². The second-order valence-electron chi connectivity index (χ2n) is 8.52. The van der Waals surface area contributed by atoms with Crippen molar-refractivity contribution in [2.45, 2.75) is 26.1 Å². The van der Waals surface area contributed by atoms with Crippen LogP contribution >= 0.6 is 61.5 Å². The molecular weight excluding hydrogens is 780 g/mol. The molecule has 1 atom stereocenters. The van der Waals surface area contributed by atoms with E-state index in [1.54, 1.807) is 19.1 Å². The number of halogens is 6. The van der Waals surface area contributed by atoms with Crippen LogP contribution in [0, 0.1) is 3.57 Å². The number of rotatable bonds is 8. The van der Waals surface area contributed by atoms with Crippen LogP contribution in [-0.2, 0) is 19.1 Å². The van der Waals surface area contributed by atoms with Crippen LogP contribution in [0.15, 0.2) is 61.9 Å². The predicted molar refractivity (Wildman–Crippen MR) is 161 cm³/mol. The van der Waals surface area contributed by atoms with Crippen LogP contribution in [0.1, 0.15) is 31.0 Å². The number of alkyl halides is 3. The molecule has 222 valence electrons. The van der Waals surface area contributed by atoms with E-state index in [1.807, 2.05) is 22.6 Å². The van der Waals surface area contributed by atoms with Gasteiger partial charge in [-0.1, -0.05) is 35.1 Å². The lowest BCUT2D eigenvalue weighted by Gasteiger charge is -2.26. The van der Waals surface area contributed by atoms with Gasteiger partial charge in [0.25, 0.3) is 5.56 Å². The summed E-state index contributed by atoms with van der Waals surface area (Å²) in [6.45, 7) is 2.86. The van der Waals surface area contributed by atoms with Gasteiger partial charge in [0.1, 0.15) is 5.75 Å². The third-order valence-corrected chi connectivity index (χ3v) is 8.36. The molecule has 0 spiro atoms. The Kier molecular flexibility index (Phi) is 10.2. The van der Waals surface area contributed by atoms with Crippen molar-refractivity contribution >= 4 is 79.5 Å². The highest BCUT2D eigenvalue weighted by Gasteiger charge is 2.45. The molecule has 2 heterocycles. The van der Waals surface area contributed by atoms with E-state index in [0.717, 1.165) is 15.9 Å². The lowest BCUT2D eigenvalue weighted by Crippen LogP contribution is -2.41. The number of hydrogen-bond donors (Lipinski definition) is 0. The van der Waals surface area contributed by atoms with Crippen LogP contribution in [-0.4, -0.2) is 42.5 Å². The zero-order chi connectivity index (χ0) is 30.8. The fraction of sp³-hybridized carbons (Fsp3) is 0.259. The molecule has 42 heavy (non-hydrogen) atoms. The number of esters is 2. The monoisotopic (exact) mass is 798 g/mol. The molecule has 2 aromatic carbocycles. The number of nitrogens with zero attached hydrogens (tertiary/aromatic N) is 2. The second-order valence-corrected chi connectivity index (χ2v) is 12.0. The average molecular weight is 800 g/mol. The number of hydrogen-bond acceptors (Lipinski definition) is 8. The van der Waals surface area contributed by atoms with Crippen LogP contribution in [0.4, 0.5) is 13.2 Å². The molecule has 3 aromatic rings. The maximum Gasteiger partial charge on any atom is 0.434 e. The molecule has 1 aliphatic rings. The molecule has 15 heteroatoms. The van der Waals surface area contributed by atoms with Crippen LogP contribution in [0.2, 0.25) is 5.02 Å². The molecule has 0 saturated carbocycles. The highest BCUT2D eigenvalue weighted by atomic mass is 127. The maximum atomic E-state index is 14.3. The molecule has 0 amide bonds. The quantitative estimate of drug-likeness (QED) is 0.227. The molecule has 0 fully saturated rings. The Morgan fingerprint density at radius 3 is 2.43 bits per heavy atom. The number of carbonyl (C=O) groups excluding carboxylic acids is 2. The highest BCUT2D eigenvalue weighted by Crippen LogP contribution is 2.38. The van der Waals surface area contributed by atoms with Crippen molar-refractivity contribution in [3.63, 3.8) is 0 Å². The SMILES string of the molecule is CCOC(=O)COc1c(Br)cc(/C=c2\sc3n(c2=O)[C@H](c2ccc(Cl)cc2)C(C(=O)OCC)=C(C(F)(F)F)N=3)cc1I. The fourth-order valence-electron chi connectivity index (χ4n) is 4.09. The summed E-state index contributed by atoms with van der Waals surface area (Å²) >= 11 is 12.1. The number of allylic oxidation sites excluding steroid dienone is 1. The van der Waals surface area contributed by atoms with Gasteiger partial charge in [0.05, 0.1) is 37.4 Å². The molecular formula is C27H20BrClF3IN2O6S. The van der Waals surface area contributed by atoms with Gasteiger partial charge in [-0.05, 0) is 93.8 Å². The Hall–Kier alpha value is -2.69. The zero-order valence-corrected chi connectivity index (χ0v) is 27.1. The average Bonchev–Trinajstić information content (AvgIpc) is 3.22. The first kappa shape index (κ1) is 32.2. The minimum atomic E-state index is -5.01. The molecule has 0 bridgehead atoms. The third-order valence-electron chi connectivity index (χ3n) is 5.74. The summed E-state index contributed by atoms with van der Waals surface area (Å²) in [4.78, 5) is 41.9. The molecule has 0 radical (unpaired) electrons. The normalized spacial score (nSPS) is 15.2. The van der Waals surface area contributed by atoms with E-state index in [4.69, 9.17) is 25.8 Å². The summed E-state index contributed by atoms with van der Waals surface area (Å²) in [5.74, 6) is -1.40. The highest BCUT2D eigenvalue weighted by molar-refractivity contribution is 14.1. The third kappa shape index (κ3) is 6.92. The van der Waals surface area contributed by atoms with E-state index in [9.17, 15) is 27.6 Å². The maximum absolute atomic E-state index is 14.3. The van der Waals surface area contributed by atoms with Crippen molar-refractivity contribution < 1.29 is 37.0 Å². The number of carbonyl (C=O) groups is 2. The molecule has 8 nitrogen and oxygen atoms in total. The summed E-state index contributed by atoms with van der Waals surface area (Å²) in [5.41, 5.74) is -2.16. The van der Waals surface area contributed by atoms with Gasteiger partial charge in [0.15, 0.2) is 17.1 Å². The number of ether oxygens (including phenoxy) is 3. The molecule has 1 aromatic heterocycles. The largest absolute Gasteiger partial charge is 0.480 e. The standard InChI is InChI=1S/C27H20BrClF3IN2O6S/c1-3-39-19(36)12-41-22-16(28)9-13(10-17(22)33)11-18-24(37)35-21(14-5-7-15(29)8-6-14)20(25(38)40-4-2)23(27(30,31)32)34-26(35)42-18/h5-11,21H,3-4,12H2,1-2H3/b18-11-/t21-/m1/s1. The van der Waals surface area contributed by atoms with Gasteiger partial charge in [0, 0.05) is 5.02 Å². The van der Waals surface area contributed by atoms with Gasteiger partial charge in [-0.15, -0.1) is 0 Å². The predicted octanol–water partition coefficient (Wildman–Crippen LogP) is 5.30. The number of fused-ring (bicyclic) bond motifs is 1. The summed E-state index contributed by atoms with van der Waals surface area (Å²) in [6.07, 6.45) is -3.52. The Balaban J connectivity index is 1.89. The first-order valence-electron chi connectivity index (χ1n) is 12.2. The minimum Gasteiger partial charge on any atom is -0.480 e. The van der Waals surface area contributed by atoms with E-state index >= 15 is 0 Å². The molecule has 0 saturated heterocycles. The van der Waals surface area contributed by atoms with E-state index in [2.05, 4.69) is 20.9 Å². The Bertz CT molecular complexity index is 1730. The summed E-state index contributed by atoms with van der Waals surface area (Å²) < 4.78 is 60.4. The van der Waals surface area contributed by atoms with Crippen LogP contribution in [0.5, 0.6) is 5.75 Å². The molecule has 1 aliphatic heterocycles. The van der Waals surface area contributed by atoms with Gasteiger partial charge < -0.3 is 14.2 Å². The summed E-state index contributed by atoms with van der Waals surface area (Å²) in [5, 5.41) is 0.318. The summed E-state index contributed by atoms with van der Waals surface area (Å²) in [7, 11) is 0. The van der Waals surface area contributed by atoms with Crippen LogP contribution in [0.25, 0.3) is 6.08 Å². The van der Waals surface area contributed by atoms with E-state index in [1.165, 1.54) is 37.3 Å². The molecule has 4 rings (SSSR count). The smallest absolute Gasteiger partial charge is 0.434 e. The van der Waals surface area contributed by atoms with Gasteiger partial charge in [-0.2, -0.15) is 13.2 Å². The van der Waals surface area contributed by atoms with Crippen molar-refractivity contribution in [1.29, 1.82) is 0 Å². The Morgan fingerprint density at radius 1 is 1.17 bits per heavy atom. The Morgan fingerprint density at radius 2 is 1.83 bits per heavy atom. The fourth-order valence-corrected chi connectivity index (χ4v) is 6.98. The van der Waals surface area contributed by atoms with E-state index < -0.39 is 41.0 Å². The zero-order valence-electron chi connectivity index (χ0n) is 21.8.